The lowest BCUT2D eigenvalue weighted by molar-refractivity contribution is -0.0861. The van der Waals surface area contributed by atoms with E-state index in [-0.39, 0.29) is 5.91 Å². The van der Waals surface area contributed by atoms with Crippen LogP contribution in [0.2, 0.25) is 0 Å². The van der Waals surface area contributed by atoms with Gasteiger partial charge in [-0.2, -0.15) is 0 Å². The van der Waals surface area contributed by atoms with Crippen molar-refractivity contribution in [2.45, 2.75) is 31.9 Å². The fourth-order valence-corrected chi connectivity index (χ4v) is 2.23. The maximum atomic E-state index is 12.0. The maximum absolute atomic E-state index is 12.0. The summed E-state index contributed by atoms with van der Waals surface area (Å²) < 4.78 is 1.55. The maximum Gasteiger partial charge on any atom is 0.276 e. The van der Waals surface area contributed by atoms with E-state index in [0.717, 1.165) is 12.8 Å². The van der Waals surface area contributed by atoms with E-state index in [1.807, 2.05) is 6.92 Å². The molecule has 1 aromatic rings. The van der Waals surface area contributed by atoms with Crippen LogP contribution in [0.1, 0.15) is 30.3 Å². The number of aliphatic hydroxyl groups is 1. The molecule has 18 heavy (non-hydrogen) atoms. The van der Waals surface area contributed by atoms with Crippen molar-refractivity contribution in [3.8, 4) is 0 Å². The van der Waals surface area contributed by atoms with Gasteiger partial charge in [0.05, 0.1) is 31.4 Å². The highest BCUT2D eigenvalue weighted by atomic mass is 16.3. The molecule has 1 aliphatic rings. The van der Waals surface area contributed by atoms with E-state index in [9.17, 15) is 9.90 Å². The van der Waals surface area contributed by atoms with Crippen LogP contribution in [-0.4, -0.2) is 56.1 Å². The third-order valence-corrected chi connectivity index (χ3v) is 3.09. The summed E-state index contributed by atoms with van der Waals surface area (Å²) in [6, 6.07) is 0. The highest BCUT2D eigenvalue weighted by Gasteiger charge is 2.43. The van der Waals surface area contributed by atoms with Crippen LogP contribution < -0.4 is 5.73 Å². The Morgan fingerprint density at radius 2 is 2.33 bits per heavy atom. The number of likely N-dealkylation sites (tertiary alicyclic amines) is 1. The summed E-state index contributed by atoms with van der Waals surface area (Å²) in [5, 5.41) is 17.6. The molecule has 0 aliphatic carbocycles. The van der Waals surface area contributed by atoms with Crippen molar-refractivity contribution in [3.63, 3.8) is 0 Å². The number of nitrogens with zero attached hydrogens (tertiary/aromatic N) is 4. The lowest BCUT2D eigenvalue weighted by Gasteiger charge is -2.46. The number of β-amino-alcohol motifs (C(OH)–C–C–N with tert-alkyl or cyclic N) is 1. The van der Waals surface area contributed by atoms with Gasteiger partial charge in [-0.05, 0) is 6.42 Å². The molecule has 1 amide bonds. The molecule has 0 aromatic carbocycles. The van der Waals surface area contributed by atoms with E-state index < -0.39 is 5.60 Å². The molecule has 0 atom stereocenters. The Hall–Kier alpha value is -1.47. The number of aromatic nitrogens is 3. The Labute approximate surface area is 106 Å². The van der Waals surface area contributed by atoms with Crippen molar-refractivity contribution in [1.82, 2.24) is 19.9 Å². The summed E-state index contributed by atoms with van der Waals surface area (Å²) >= 11 is 0. The molecule has 0 spiro atoms. The van der Waals surface area contributed by atoms with Gasteiger partial charge in [0.1, 0.15) is 0 Å². The number of carbonyl (C=O) groups is 1. The van der Waals surface area contributed by atoms with E-state index in [1.54, 1.807) is 15.8 Å². The highest BCUT2D eigenvalue weighted by Crippen LogP contribution is 2.26. The normalized spacial score (nSPS) is 17.6. The Morgan fingerprint density at radius 3 is 2.94 bits per heavy atom. The molecule has 100 valence electrons. The molecule has 1 aliphatic heterocycles. The molecule has 1 aromatic heterocycles. The van der Waals surface area contributed by atoms with Gasteiger partial charge in [0.25, 0.3) is 5.91 Å². The van der Waals surface area contributed by atoms with Gasteiger partial charge in [-0.25, -0.2) is 0 Å². The second-order valence-electron chi connectivity index (χ2n) is 4.79. The number of hydrogen-bond donors (Lipinski definition) is 2. The average Bonchev–Trinajstić information content (AvgIpc) is 2.74. The predicted octanol–water partition coefficient (Wildman–Crippen LogP) is -0.776. The van der Waals surface area contributed by atoms with Crippen molar-refractivity contribution in [3.05, 3.63) is 11.9 Å². The topological polar surface area (TPSA) is 97.3 Å². The summed E-state index contributed by atoms with van der Waals surface area (Å²) in [4.78, 5) is 13.6. The van der Waals surface area contributed by atoms with E-state index in [1.165, 1.54) is 0 Å². The van der Waals surface area contributed by atoms with Gasteiger partial charge >= 0.3 is 0 Å². The second-order valence-corrected chi connectivity index (χ2v) is 4.79. The standard InChI is InChI=1S/C11H19N5O2/c1-2-3-11(18)7-15(8-11)10(17)9-6-16(5-4-12)14-13-9/h6,18H,2-5,7-8,12H2,1H3. The summed E-state index contributed by atoms with van der Waals surface area (Å²) in [6.45, 7) is 3.77. The van der Waals surface area contributed by atoms with Crippen LogP contribution >= 0.6 is 0 Å². The van der Waals surface area contributed by atoms with Crippen LogP contribution in [0.3, 0.4) is 0 Å². The molecule has 7 heteroatoms. The van der Waals surface area contributed by atoms with Crippen LogP contribution in [0.4, 0.5) is 0 Å². The fraction of sp³-hybridized carbons (Fsp3) is 0.727. The lowest BCUT2D eigenvalue weighted by Crippen LogP contribution is -2.63. The third-order valence-electron chi connectivity index (χ3n) is 3.09. The average molecular weight is 253 g/mol. The fourth-order valence-electron chi connectivity index (χ4n) is 2.23. The first-order valence-corrected chi connectivity index (χ1v) is 6.20. The van der Waals surface area contributed by atoms with Gasteiger partial charge in [-0.1, -0.05) is 18.6 Å². The minimum absolute atomic E-state index is 0.181. The molecule has 0 bridgehead atoms. The SMILES string of the molecule is CCCC1(O)CN(C(=O)c2cn(CCN)nn2)C1. The van der Waals surface area contributed by atoms with Gasteiger partial charge < -0.3 is 15.7 Å². The molecule has 0 radical (unpaired) electrons. The largest absolute Gasteiger partial charge is 0.386 e. The van der Waals surface area contributed by atoms with Gasteiger partial charge in [-0.3, -0.25) is 9.48 Å². The zero-order valence-corrected chi connectivity index (χ0v) is 10.5. The van der Waals surface area contributed by atoms with E-state index in [0.29, 0.717) is 31.9 Å². The lowest BCUT2D eigenvalue weighted by atomic mass is 9.89. The van der Waals surface area contributed by atoms with Gasteiger partial charge in [-0.15, -0.1) is 5.10 Å². The van der Waals surface area contributed by atoms with Gasteiger partial charge in [0, 0.05) is 6.54 Å². The smallest absolute Gasteiger partial charge is 0.276 e. The van der Waals surface area contributed by atoms with Gasteiger partial charge in [0.15, 0.2) is 5.69 Å². The van der Waals surface area contributed by atoms with Crippen LogP contribution in [-0.2, 0) is 6.54 Å². The highest BCUT2D eigenvalue weighted by molar-refractivity contribution is 5.92. The van der Waals surface area contributed by atoms with Crippen LogP contribution in [0.15, 0.2) is 6.20 Å². The van der Waals surface area contributed by atoms with Crippen LogP contribution in [0, 0.1) is 0 Å². The first-order chi connectivity index (χ1) is 8.58. The van der Waals surface area contributed by atoms with Crippen molar-refractivity contribution in [2.24, 2.45) is 5.73 Å². The summed E-state index contributed by atoms with van der Waals surface area (Å²) in [6.07, 6.45) is 3.22. The summed E-state index contributed by atoms with van der Waals surface area (Å²) in [5.74, 6) is -0.181. The monoisotopic (exact) mass is 253 g/mol. The third kappa shape index (κ3) is 2.51. The Bertz CT molecular complexity index is 425. The molecule has 3 N–H and O–H groups in total. The quantitative estimate of drug-likeness (QED) is 0.717. The summed E-state index contributed by atoms with van der Waals surface area (Å²) in [7, 11) is 0. The summed E-state index contributed by atoms with van der Waals surface area (Å²) in [5.41, 5.74) is 4.99. The molecule has 1 fully saturated rings. The van der Waals surface area contributed by atoms with Crippen molar-refractivity contribution >= 4 is 5.91 Å². The van der Waals surface area contributed by atoms with E-state index >= 15 is 0 Å². The number of amides is 1. The van der Waals surface area contributed by atoms with Crippen LogP contribution in [0.25, 0.3) is 0 Å². The molecule has 2 heterocycles. The Kier molecular flexibility index (Phi) is 3.63. The molecule has 1 saturated heterocycles. The number of nitrogens with two attached hydrogens (primary N) is 1. The van der Waals surface area contributed by atoms with E-state index in [4.69, 9.17) is 5.73 Å². The molecule has 0 saturated carbocycles. The molecular formula is C11H19N5O2. The first-order valence-electron chi connectivity index (χ1n) is 6.20. The van der Waals surface area contributed by atoms with E-state index in [2.05, 4.69) is 10.3 Å². The Morgan fingerprint density at radius 1 is 1.61 bits per heavy atom. The number of rotatable bonds is 5. The zero-order valence-electron chi connectivity index (χ0n) is 10.5. The second kappa shape index (κ2) is 5.03. The van der Waals surface area contributed by atoms with Gasteiger partial charge in [0.2, 0.25) is 0 Å². The Balaban J connectivity index is 1.93. The molecule has 7 nitrogen and oxygen atoms in total. The van der Waals surface area contributed by atoms with Crippen molar-refractivity contribution in [1.29, 1.82) is 0 Å². The van der Waals surface area contributed by atoms with Crippen molar-refractivity contribution < 1.29 is 9.90 Å². The first kappa shape index (κ1) is 13.0. The minimum Gasteiger partial charge on any atom is -0.386 e. The zero-order chi connectivity index (χ0) is 13.2. The number of carbonyl (C=O) groups excluding carboxylic acids is 1. The van der Waals surface area contributed by atoms with Crippen molar-refractivity contribution in [2.75, 3.05) is 19.6 Å². The molecule has 2 rings (SSSR count). The predicted molar refractivity (Wildman–Crippen MR) is 64.8 cm³/mol. The molecule has 0 unspecified atom stereocenters. The minimum atomic E-state index is -0.711. The van der Waals surface area contributed by atoms with Crippen LogP contribution in [0.5, 0.6) is 0 Å². The number of hydrogen-bond acceptors (Lipinski definition) is 5. The molecular weight excluding hydrogens is 234 g/mol.